The van der Waals surface area contributed by atoms with Crippen LogP contribution >= 0.6 is 11.3 Å². The van der Waals surface area contributed by atoms with Crippen molar-refractivity contribution in [2.75, 3.05) is 5.32 Å². The van der Waals surface area contributed by atoms with Crippen LogP contribution in [0.3, 0.4) is 0 Å². The summed E-state index contributed by atoms with van der Waals surface area (Å²) in [5, 5.41) is 13.1. The van der Waals surface area contributed by atoms with E-state index in [0.717, 1.165) is 33.3 Å². The van der Waals surface area contributed by atoms with E-state index in [-0.39, 0.29) is 6.42 Å². The second kappa shape index (κ2) is 10.8. The molecule has 0 spiro atoms. The van der Waals surface area contributed by atoms with Gasteiger partial charge in [-0.25, -0.2) is 4.98 Å². The van der Waals surface area contributed by atoms with Gasteiger partial charge in [0.2, 0.25) is 0 Å². The fourth-order valence-corrected chi connectivity index (χ4v) is 4.27. The molecule has 0 bridgehead atoms. The summed E-state index contributed by atoms with van der Waals surface area (Å²) in [6.07, 6.45) is 0.664. The van der Waals surface area contributed by atoms with Crippen LogP contribution in [0.1, 0.15) is 28.0 Å². The third-order valence-corrected chi connectivity index (χ3v) is 6.20. The van der Waals surface area contributed by atoms with Crippen LogP contribution in [0.4, 0.5) is 5.13 Å². The van der Waals surface area contributed by atoms with Gasteiger partial charge in [0.05, 0.1) is 5.69 Å². The van der Waals surface area contributed by atoms with Gasteiger partial charge in [-0.3, -0.25) is 4.79 Å². The standard InChI is InChI=1S/C27H26N2O3S/c1-19-26(23-5-3-2-4-6-23)29-27(33-19)28-17-21-7-9-22(10-8-21)18-32-24-14-11-20(12-15-24)13-16-25(30)31/h2-12,14-15H,13,16-18H2,1H3,(H,28,29)(H,30,31). The number of aryl methyl sites for hydroxylation is 2. The summed E-state index contributed by atoms with van der Waals surface area (Å²) in [4.78, 5) is 16.6. The van der Waals surface area contributed by atoms with Crippen molar-refractivity contribution in [2.45, 2.75) is 32.9 Å². The van der Waals surface area contributed by atoms with Crippen LogP contribution in [0.15, 0.2) is 78.9 Å². The van der Waals surface area contributed by atoms with Gasteiger partial charge in [-0.15, -0.1) is 11.3 Å². The van der Waals surface area contributed by atoms with Crippen LogP contribution in [-0.4, -0.2) is 16.1 Å². The van der Waals surface area contributed by atoms with Crippen LogP contribution in [0.5, 0.6) is 5.75 Å². The molecule has 0 atom stereocenters. The normalized spacial score (nSPS) is 10.7. The molecule has 0 radical (unpaired) electrons. The van der Waals surface area contributed by atoms with Crippen molar-refractivity contribution >= 4 is 22.4 Å². The maximum Gasteiger partial charge on any atom is 0.303 e. The molecule has 6 heteroatoms. The average Bonchev–Trinajstić information content (AvgIpc) is 3.22. The zero-order valence-corrected chi connectivity index (χ0v) is 19.3. The van der Waals surface area contributed by atoms with Crippen molar-refractivity contribution in [3.63, 3.8) is 0 Å². The molecular weight excluding hydrogens is 432 g/mol. The molecule has 0 saturated carbocycles. The van der Waals surface area contributed by atoms with E-state index in [1.54, 1.807) is 11.3 Å². The number of anilines is 1. The van der Waals surface area contributed by atoms with Gasteiger partial charge in [-0.1, -0.05) is 66.7 Å². The molecule has 0 amide bonds. The van der Waals surface area contributed by atoms with E-state index in [1.807, 2.05) is 42.5 Å². The van der Waals surface area contributed by atoms with Crippen LogP contribution in [0.2, 0.25) is 0 Å². The summed E-state index contributed by atoms with van der Waals surface area (Å²) in [5.41, 5.74) is 5.43. The number of carboxylic acid groups (broad SMARTS) is 1. The highest BCUT2D eigenvalue weighted by atomic mass is 32.1. The van der Waals surface area contributed by atoms with Crippen LogP contribution in [0.25, 0.3) is 11.3 Å². The smallest absolute Gasteiger partial charge is 0.303 e. The minimum Gasteiger partial charge on any atom is -0.489 e. The van der Waals surface area contributed by atoms with Gasteiger partial charge in [0.25, 0.3) is 0 Å². The largest absolute Gasteiger partial charge is 0.489 e. The van der Waals surface area contributed by atoms with E-state index in [9.17, 15) is 4.79 Å². The molecule has 0 aliphatic carbocycles. The van der Waals surface area contributed by atoms with Gasteiger partial charge in [0.15, 0.2) is 5.13 Å². The van der Waals surface area contributed by atoms with E-state index in [0.29, 0.717) is 19.6 Å². The lowest BCUT2D eigenvalue weighted by atomic mass is 10.1. The molecule has 5 nitrogen and oxygen atoms in total. The Bertz CT molecular complexity index is 1190. The summed E-state index contributed by atoms with van der Waals surface area (Å²) in [6, 6.07) is 26.2. The van der Waals surface area contributed by atoms with Gasteiger partial charge in [-0.2, -0.15) is 0 Å². The number of ether oxygens (including phenoxy) is 1. The number of hydrogen-bond donors (Lipinski definition) is 2. The molecule has 1 heterocycles. The first-order valence-corrected chi connectivity index (χ1v) is 11.7. The molecule has 4 aromatic rings. The molecule has 3 aromatic carbocycles. The first kappa shape index (κ1) is 22.6. The third kappa shape index (κ3) is 6.43. The Morgan fingerprint density at radius 2 is 1.61 bits per heavy atom. The maximum atomic E-state index is 10.7. The molecule has 0 fully saturated rings. The van der Waals surface area contributed by atoms with Crippen molar-refractivity contribution in [3.8, 4) is 17.0 Å². The number of aliphatic carboxylic acids is 1. The van der Waals surface area contributed by atoms with Gasteiger partial charge < -0.3 is 15.2 Å². The fourth-order valence-electron chi connectivity index (χ4n) is 3.44. The molecule has 0 unspecified atom stereocenters. The number of aromatic nitrogens is 1. The average molecular weight is 459 g/mol. The summed E-state index contributed by atoms with van der Waals surface area (Å²) >= 11 is 1.67. The van der Waals surface area contributed by atoms with Crippen molar-refractivity contribution in [1.29, 1.82) is 0 Å². The highest BCUT2D eigenvalue weighted by molar-refractivity contribution is 7.16. The highest BCUT2D eigenvalue weighted by Gasteiger charge is 2.09. The third-order valence-electron chi connectivity index (χ3n) is 5.27. The molecule has 0 saturated heterocycles. The quantitative estimate of drug-likeness (QED) is 0.291. The zero-order valence-electron chi connectivity index (χ0n) is 18.5. The van der Waals surface area contributed by atoms with Crippen molar-refractivity contribution in [2.24, 2.45) is 0 Å². The monoisotopic (exact) mass is 458 g/mol. The van der Waals surface area contributed by atoms with E-state index in [2.05, 4.69) is 48.6 Å². The van der Waals surface area contributed by atoms with Gasteiger partial charge >= 0.3 is 5.97 Å². The van der Waals surface area contributed by atoms with Crippen LogP contribution in [0, 0.1) is 6.92 Å². The minimum atomic E-state index is -0.785. The molecule has 1 aromatic heterocycles. The van der Waals surface area contributed by atoms with Crippen LogP contribution in [-0.2, 0) is 24.4 Å². The number of nitrogens with zero attached hydrogens (tertiary/aromatic N) is 1. The Kier molecular flexibility index (Phi) is 7.37. The number of nitrogens with one attached hydrogen (secondary N) is 1. The predicted octanol–water partition coefficient (Wildman–Crippen LogP) is 6.33. The summed E-state index contributed by atoms with van der Waals surface area (Å²) < 4.78 is 5.86. The highest BCUT2D eigenvalue weighted by Crippen LogP contribution is 2.30. The summed E-state index contributed by atoms with van der Waals surface area (Å²) in [5.74, 6) is -0.0131. The lowest BCUT2D eigenvalue weighted by Crippen LogP contribution is -2.00. The van der Waals surface area contributed by atoms with Gasteiger partial charge in [-0.05, 0) is 42.2 Å². The minimum absolute atomic E-state index is 0.137. The summed E-state index contributed by atoms with van der Waals surface area (Å²) in [6.45, 7) is 3.29. The molecule has 2 N–H and O–H groups in total. The van der Waals surface area contributed by atoms with Crippen molar-refractivity contribution < 1.29 is 14.6 Å². The topological polar surface area (TPSA) is 71.5 Å². The van der Waals surface area contributed by atoms with Gasteiger partial charge in [0.1, 0.15) is 12.4 Å². The second-order valence-corrected chi connectivity index (χ2v) is 8.99. The Morgan fingerprint density at radius 1 is 0.939 bits per heavy atom. The number of carboxylic acids is 1. The van der Waals surface area contributed by atoms with E-state index in [4.69, 9.17) is 14.8 Å². The first-order valence-electron chi connectivity index (χ1n) is 10.8. The molecule has 168 valence electrons. The predicted molar refractivity (Wildman–Crippen MR) is 133 cm³/mol. The van der Waals surface area contributed by atoms with E-state index >= 15 is 0 Å². The Balaban J connectivity index is 1.27. The Hall–Kier alpha value is -3.64. The maximum absolute atomic E-state index is 10.7. The number of thiazole rings is 1. The summed E-state index contributed by atoms with van der Waals surface area (Å²) in [7, 11) is 0. The molecule has 33 heavy (non-hydrogen) atoms. The Morgan fingerprint density at radius 3 is 2.30 bits per heavy atom. The molecule has 0 aliphatic heterocycles. The number of benzene rings is 3. The number of rotatable bonds is 10. The zero-order chi connectivity index (χ0) is 23.0. The lowest BCUT2D eigenvalue weighted by Gasteiger charge is -2.08. The lowest BCUT2D eigenvalue weighted by molar-refractivity contribution is -0.136. The first-order chi connectivity index (χ1) is 16.1. The van der Waals surface area contributed by atoms with Crippen molar-refractivity contribution in [3.05, 3.63) is 100 Å². The van der Waals surface area contributed by atoms with E-state index < -0.39 is 5.97 Å². The number of carbonyl (C=O) groups is 1. The van der Waals surface area contributed by atoms with E-state index in [1.165, 1.54) is 10.4 Å². The van der Waals surface area contributed by atoms with Gasteiger partial charge in [0, 0.05) is 23.4 Å². The van der Waals surface area contributed by atoms with Crippen molar-refractivity contribution in [1.82, 2.24) is 4.98 Å². The molecular formula is C27H26N2O3S. The van der Waals surface area contributed by atoms with Crippen LogP contribution < -0.4 is 10.1 Å². The molecule has 0 aliphatic rings. The Labute approximate surface area is 197 Å². The fraction of sp³-hybridized carbons (Fsp3) is 0.185. The molecule has 4 rings (SSSR count). The number of hydrogen-bond acceptors (Lipinski definition) is 5. The SMILES string of the molecule is Cc1sc(NCc2ccc(COc3ccc(CCC(=O)O)cc3)cc2)nc1-c1ccccc1. The second-order valence-electron chi connectivity index (χ2n) is 7.79.